The first kappa shape index (κ1) is 16.4. The van der Waals surface area contributed by atoms with Gasteiger partial charge in [-0.05, 0) is 44.1 Å². The Kier molecular flexibility index (Phi) is 5.69. The van der Waals surface area contributed by atoms with Crippen LogP contribution in [0, 0.1) is 5.82 Å². The maximum absolute atomic E-state index is 13.2. The number of nitrogens with two attached hydrogens (primary N) is 1. The van der Waals surface area contributed by atoms with Gasteiger partial charge in [-0.2, -0.15) is 4.31 Å². The molecule has 0 aromatic heterocycles. The average molecular weight is 315 g/mol. The van der Waals surface area contributed by atoms with Crippen molar-refractivity contribution in [3.05, 3.63) is 30.1 Å². The van der Waals surface area contributed by atoms with E-state index in [1.165, 1.54) is 22.5 Å². The van der Waals surface area contributed by atoms with E-state index in [0.29, 0.717) is 32.7 Å². The third kappa shape index (κ3) is 4.23. The Morgan fingerprint density at radius 1 is 1.14 bits per heavy atom. The SMILES string of the molecule is NCCCCN1CCN(S(=O)(=O)c2cccc(F)c2)CC1. The van der Waals surface area contributed by atoms with E-state index >= 15 is 0 Å². The molecule has 0 aliphatic carbocycles. The van der Waals surface area contributed by atoms with Crippen LogP contribution in [0.3, 0.4) is 0 Å². The number of sulfonamides is 1. The van der Waals surface area contributed by atoms with Crippen LogP contribution in [0.25, 0.3) is 0 Å². The maximum Gasteiger partial charge on any atom is 0.243 e. The molecule has 21 heavy (non-hydrogen) atoms. The second-order valence-corrected chi connectivity index (χ2v) is 7.14. The van der Waals surface area contributed by atoms with Gasteiger partial charge >= 0.3 is 0 Å². The summed E-state index contributed by atoms with van der Waals surface area (Å²) in [4.78, 5) is 2.27. The van der Waals surface area contributed by atoms with E-state index in [1.54, 1.807) is 0 Å². The van der Waals surface area contributed by atoms with Crippen LogP contribution in [0.4, 0.5) is 4.39 Å². The molecule has 1 aliphatic rings. The number of rotatable bonds is 6. The van der Waals surface area contributed by atoms with Crippen molar-refractivity contribution >= 4 is 10.0 Å². The van der Waals surface area contributed by atoms with Crippen LogP contribution in [0.15, 0.2) is 29.2 Å². The summed E-state index contributed by atoms with van der Waals surface area (Å²) >= 11 is 0. The highest BCUT2D eigenvalue weighted by atomic mass is 32.2. The van der Waals surface area contributed by atoms with Crippen molar-refractivity contribution in [1.29, 1.82) is 0 Å². The number of unbranched alkanes of at least 4 members (excludes halogenated alkanes) is 1. The first-order chi connectivity index (χ1) is 10.0. The van der Waals surface area contributed by atoms with E-state index in [9.17, 15) is 12.8 Å². The number of halogens is 1. The Hall–Kier alpha value is -1.02. The van der Waals surface area contributed by atoms with Gasteiger partial charge in [-0.1, -0.05) is 6.07 Å². The van der Waals surface area contributed by atoms with E-state index in [0.717, 1.165) is 25.5 Å². The lowest BCUT2D eigenvalue weighted by molar-refractivity contribution is 0.186. The zero-order valence-electron chi connectivity index (χ0n) is 12.0. The predicted octanol–water partition coefficient (Wildman–Crippen LogP) is 0.871. The molecule has 5 nitrogen and oxygen atoms in total. The van der Waals surface area contributed by atoms with Crippen LogP contribution in [0.1, 0.15) is 12.8 Å². The van der Waals surface area contributed by atoms with Crippen LogP contribution in [0.5, 0.6) is 0 Å². The van der Waals surface area contributed by atoms with Crippen molar-refractivity contribution in [3.8, 4) is 0 Å². The maximum atomic E-state index is 13.2. The summed E-state index contributed by atoms with van der Waals surface area (Å²) in [6.07, 6.45) is 2.02. The summed E-state index contributed by atoms with van der Waals surface area (Å²) in [6, 6.07) is 5.18. The van der Waals surface area contributed by atoms with Crippen molar-refractivity contribution < 1.29 is 12.8 Å². The molecule has 1 aromatic rings. The summed E-state index contributed by atoms with van der Waals surface area (Å²) < 4.78 is 39.5. The normalized spacial score (nSPS) is 18.0. The van der Waals surface area contributed by atoms with Crippen LogP contribution in [0.2, 0.25) is 0 Å². The van der Waals surface area contributed by atoms with E-state index in [1.807, 2.05) is 0 Å². The Labute approximate surface area is 125 Å². The summed E-state index contributed by atoms with van der Waals surface area (Å²) in [7, 11) is -3.59. The highest BCUT2D eigenvalue weighted by molar-refractivity contribution is 7.89. The minimum atomic E-state index is -3.59. The van der Waals surface area contributed by atoms with Gasteiger partial charge in [-0.15, -0.1) is 0 Å². The number of nitrogens with zero attached hydrogens (tertiary/aromatic N) is 2. The van der Waals surface area contributed by atoms with E-state index in [4.69, 9.17) is 5.73 Å². The molecule has 0 saturated carbocycles. The quantitative estimate of drug-likeness (QED) is 0.791. The van der Waals surface area contributed by atoms with Gasteiger partial charge in [0.2, 0.25) is 10.0 Å². The van der Waals surface area contributed by atoms with Crippen molar-refractivity contribution in [2.24, 2.45) is 5.73 Å². The number of piperazine rings is 1. The number of hydrogen-bond donors (Lipinski definition) is 1. The molecule has 1 fully saturated rings. The first-order valence-corrected chi connectivity index (χ1v) is 8.66. The van der Waals surface area contributed by atoms with Crippen molar-refractivity contribution in [1.82, 2.24) is 9.21 Å². The molecule has 7 heteroatoms. The first-order valence-electron chi connectivity index (χ1n) is 7.22. The second kappa shape index (κ2) is 7.31. The summed E-state index contributed by atoms with van der Waals surface area (Å²) in [5.74, 6) is -0.531. The molecule has 1 saturated heterocycles. The third-order valence-electron chi connectivity index (χ3n) is 3.69. The Morgan fingerprint density at radius 2 is 1.86 bits per heavy atom. The van der Waals surface area contributed by atoms with Gasteiger partial charge in [-0.3, -0.25) is 0 Å². The van der Waals surface area contributed by atoms with Gasteiger partial charge in [-0.25, -0.2) is 12.8 Å². The summed E-state index contributed by atoms with van der Waals surface area (Å²) in [5, 5.41) is 0. The van der Waals surface area contributed by atoms with Gasteiger partial charge < -0.3 is 10.6 Å². The van der Waals surface area contributed by atoms with Gasteiger partial charge in [0.15, 0.2) is 0 Å². The predicted molar refractivity (Wildman–Crippen MR) is 79.9 cm³/mol. The molecule has 2 rings (SSSR count). The van der Waals surface area contributed by atoms with E-state index in [2.05, 4.69) is 4.90 Å². The van der Waals surface area contributed by atoms with Gasteiger partial charge in [0.1, 0.15) is 5.82 Å². The van der Waals surface area contributed by atoms with E-state index < -0.39 is 15.8 Å². The molecule has 0 bridgehead atoms. The van der Waals surface area contributed by atoms with Crippen LogP contribution in [-0.4, -0.2) is 56.9 Å². The van der Waals surface area contributed by atoms with Crippen LogP contribution < -0.4 is 5.73 Å². The van der Waals surface area contributed by atoms with Gasteiger partial charge in [0.25, 0.3) is 0 Å². The Bertz CT molecular complexity index is 557. The van der Waals surface area contributed by atoms with Crippen molar-refractivity contribution in [2.75, 3.05) is 39.3 Å². The van der Waals surface area contributed by atoms with Crippen LogP contribution >= 0.6 is 0 Å². The minimum Gasteiger partial charge on any atom is -0.330 e. The monoisotopic (exact) mass is 315 g/mol. The lowest BCUT2D eigenvalue weighted by atomic mass is 10.2. The lowest BCUT2D eigenvalue weighted by Gasteiger charge is -2.33. The summed E-state index contributed by atoms with van der Waals surface area (Å²) in [5.41, 5.74) is 5.46. The zero-order valence-corrected chi connectivity index (χ0v) is 12.9. The molecule has 0 spiro atoms. The minimum absolute atomic E-state index is 0.0269. The van der Waals surface area contributed by atoms with Gasteiger partial charge in [0, 0.05) is 26.2 Å². The number of benzene rings is 1. The zero-order chi connectivity index (χ0) is 15.3. The Morgan fingerprint density at radius 3 is 2.48 bits per heavy atom. The smallest absolute Gasteiger partial charge is 0.243 e. The lowest BCUT2D eigenvalue weighted by Crippen LogP contribution is -2.48. The van der Waals surface area contributed by atoms with Crippen molar-refractivity contribution in [2.45, 2.75) is 17.7 Å². The second-order valence-electron chi connectivity index (χ2n) is 5.20. The topological polar surface area (TPSA) is 66.6 Å². The molecule has 118 valence electrons. The summed E-state index contributed by atoms with van der Waals surface area (Å²) in [6.45, 7) is 3.94. The van der Waals surface area contributed by atoms with Gasteiger partial charge in [0.05, 0.1) is 4.90 Å². The molecule has 0 radical (unpaired) electrons. The van der Waals surface area contributed by atoms with Crippen molar-refractivity contribution in [3.63, 3.8) is 0 Å². The molecule has 0 unspecified atom stereocenters. The standard InChI is InChI=1S/C14H22FN3O2S/c15-13-4-3-5-14(12-13)21(19,20)18-10-8-17(9-11-18)7-2-1-6-16/h3-5,12H,1-2,6-11,16H2. The highest BCUT2D eigenvalue weighted by Crippen LogP contribution is 2.18. The highest BCUT2D eigenvalue weighted by Gasteiger charge is 2.28. The van der Waals surface area contributed by atoms with Crippen LogP contribution in [-0.2, 0) is 10.0 Å². The fourth-order valence-electron chi connectivity index (χ4n) is 2.45. The fourth-order valence-corrected chi connectivity index (χ4v) is 3.90. The van der Waals surface area contributed by atoms with E-state index in [-0.39, 0.29) is 4.90 Å². The largest absolute Gasteiger partial charge is 0.330 e. The molecule has 0 atom stereocenters. The fraction of sp³-hybridized carbons (Fsp3) is 0.571. The number of hydrogen-bond acceptors (Lipinski definition) is 4. The molecular weight excluding hydrogens is 293 g/mol. The molecule has 0 amide bonds. The third-order valence-corrected chi connectivity index (χ3v) is 5.59. The Balaban J connectivity index is 1.95. The molecule has 2 N–H and O–H groups in total. The molecule has 1 aliphatic heterocycles. The molecular formula is C14H22FN3O2S. The molecule has 1 aromatic carbocycles. The molecule has 1 heterocycles. The average Bonchev–Trinajstić information content (AvgIpc) is 2.48.